The number of benzene rings is 2. The molecule has 3 nitrogen and oxygen atoms in total. The van der Waals surface area contributed by atoms with E-state index in [1.54, 1.807) is 36.5 Å². The summed E-state index contributed by atoms with van der Waals surface area (Å²) in [5.74, 6) is -0.509. The van der Waals surface area contributed by atoms with Crippen molar-refractivity contribution in [2.24, 2.45) is 0 Å². The van der Waals surface area contributed by atoms with Crippen molar-refractivity contribution >= 4 is 44.5 Å². The summed E-state index contributed by atoms with van der Waals surface area (Å²) in [6, 6.07) is 14.7. The molecule has 0 radical (unpaired) electrons. The van der Waals surface area contributed by atoms with E-state index in [0.29, 0.717) is 5.56 Å². The Morgan fingerprint density at radius 1 is 1.09 bits per heavy atom. The molecule has 4 heteroatoms. The molecule has 0 atom stereocenters. The number of carbonyl (C=O) groups excluding carboxylic acids is 2. The van der Waals surface area contributed by atoms with Crippen molar-refractivity contribution in [2.75, 3.05) is 0 Å². The maximum Gasteiger partial charge on any atom is 0.196 e. The van der Waals surface area contributed by atoms with Crippen LogP contribution in [0.2, 0.25) is 0 Å². The molecule has 0 aliphatic carbocycles. The summed E-state index contributed by atoms with van der Waals surface area (Å²) >= 11 is 3.44. The second kappa shape index (κ2) is 6.34. The molecule has 0 aliphatic heterocycles. The molecule has 0 unspecified atom stereocenters. The van der Waals surface area contributed by atoms with Crippen molar-refractivity contribution in [1.29, 1.82) is 0 Å². The van der Waals surface area contributed by atoms with E-state index < -0.39 is 0 Å². The van der Waals surface area contributed by atoms with Crippen molar-refractivity contribution in [3.05, 3.63) is 75.9 Å². The Morgan fingerprint density at radius 3 is 2.52 bits per heavy atom. The Morgan fingerprint density at radius 2 is 1.83 bits per heavy atom. The van der Waals surface area contributed by atoms with Crippen LogP contribution in [0.3, 0.4) is 0 Å². The summed E-state index contributed by atoms with van der Waals surface area (Å²) in [5, 5.41) is 0.957. The summed E-state index contributed by atoms with van der Waals surface area (Å²) in [4.78, 5) is 27.7. The number of rotatable bonds is 4. The smallest absolute Gasteiger partial charge is 0.196 e. The van der Waals surface area contributed by atoms with Crippen molar-refractivity contribution in [3.8, 4) is 0 Å². The number of halogens is 1. The Balaban J connectivity index is 2.10. The van der Waals surface area contributed by atoms with Crippen molar-refractivity contribution in [2.45, 2.75) is 6.92 Å². The number of carbonyl (C=O) groups is 2. The van der Waals surface area contributed by atoms with Crippen molar-refractivity contribution < 1.29 is 9.59 Å². The first-order chi connectivity index (χ1) is 11.1. The van der Waals surface area contributed by atoms with Gasteiger partial charge in [-0.3, -0.25) is 9.59 Å². The van der Waals surface area contributed by atoms with Crippen molar-refractivity contribution in [1.82, 2.24) is 4.98 Å². The topological polar surface area (TPSA) is 49.9 Å². The normalized spacial score (nSPS) is 11.7. The Bertz CT molecular complexity index is 923. The largest absolute Gasteiger partial charge is 0.361 e. The fraction of sp³-hybridized carbons (Fsp3) is 0.0526. The third kappa shape index (κ3) is 3.17. The van der Waals surface area contributed by atoms with E-state index in [2.05, 4.69) is 20.9 Å². The lowest BCUT2D eigenvalue weighted by atomic mass is 9.98. The number of H-pyrrole nitrogens is 1. The van der Waals surface area contributed by atoms with Gasteiger partial charge in [0.1, 0.15) is 0 Å². The third-order valence-electron chi connectivity index (χ3n) is 3.64. The van der Waals surface area contributed by atoms with E-state index in [9.17, 15) is 9.59 Å². The monoisotopic (exact) mass is 367 g/mol. The Kier molecular flexibility index (Phi) is 4.26. The minimum absolute atomic E-state index is 0.178. The number of fused-ring (bicyclic) bond motifs is 1. The van der Waals surface area contributed by atoms with Crippen LogP contribution >= 0.6 is 15.9 Å². The van der Waals surface area contributed by atoms with Crippen LogP contribution in [0.25, 0.3) is 17.0 Å². The van der Waals surface area contributed by atoms with Gasteiger partial charge < -0.3 is 4.98 Å². The molecule has 0 amide bonds. The van der Waals surface area contributed by atoms with Gasteiger partial charge in [0.2, 0.25) is 0 Å². The SMILES string of the molecule is CC(=O)C(=Cc1c[nH]c2ccc(Br)cc12)C(=O)c1ccccc1. The summed E-state index contributed by atoms with van der Waals surface area (Å²) in [5.41, 5.74) is 2.46. The quantitative estimate of drug-likeness (QED) is 0.312. The zero-order valence-corrected chi connectivity index (χ0v) is 14.1. The summed E-state index contributed by atoms with van der Waals surface area (Å²) in [6.07, 6.45) is 3.46. The van der Waals surface area contributed by atoms with Gasteiger partial charge in [-0.1, -0.05) is 46.3 Å². The van der Waals surface area contributed by atoms with E-state index >= 15 is 0 Å². The molecule has 1 heterocycles. The molecular formula is C19H14BrNO2. The van der Waals surface area contributed by atoms with Gasteiger partial charge in [0, 0.05) is 32.7 Å². The first kappa shape index (κ1) is 15.4. The van der Waals surface area contributed by atoms with E-state index in [4.69, 9.17) is 0 Å². The molecular weight excluding hydrogens is 354 g/mol. The highest BCUT2D eigenvalue weighted by Gasteiger charge is 2.17. The van der Waals surface area contributed by atoms with Gasteiger partial charge >= 0.3 is 0 Å². The van der Waals surface area contributed by atoms with E-state index in [0.717, 1.165) is 20.9 Å². The highest BCUT2D eigenvalue weighted by molar-refractivity contribution is 9.10. The lowest BCUT2D eigenvalue weighted by molar-refractivity contribution is -0.113. The lowest BCUT2D eigenvalue weighted by Crippen LogP contribution is -2.10. The number of aromatic nitrogens is 1. The molecule has 23 heavy (non-hydrogen) atoms. The average molecular weight is 368 g/mol. The number of hydrogen-bond donors (Lipinski definition) is 1. The Hall–Kier alpha value is -2.46. The second-order valence-electron chi connectivity index (χ2n) is 5.24. The van der Waals surface area contributed by atoms with E-state index in [-0.39, 0.29) is 17.1 Å². The summed E-state index contributed by atoms with van der Waals surface area (Å²) in [7, 11) is 0. The van der Waals surface area contributed by atoms with Gasteiger partial charge in [-0.15, -0.1) is 0 Å². The van der Waals surface area contributed by atoms with Crippen LogP contribution in [0.4, 0.5) is 0 Å². The second-order valence-corrected chi connectivity index (χ2v) is 6.16. The number of aromatic amines is 1. The Labute approximate surface area is 142 Å². The zero-order chi connectivity index (χ0) is 16.4. The van der Waals surface area contributed by atoms with Gasteiger partial charge in [0.25, 0.3) is 0 Å². The molecule has 1 aromatic heterocycles. The molecule has 0 bridgehead atoms. The summed E-state index contributed by atoms with van der Waals surface area (Å²) in [6.45, 7) is 1.41. The molecule has 114 valence electrons. The van der Waals surface area contributed by atoms with Crippen LogP contribution in [-0.4, -0.2) is 16.6 Å². The molecule has 0 spiro atoms. The fourth-order valence-electron chi connectivity index (χ4n) is 2.46. The number of allylic oxidation sites excluding steroid dienone is 1. The molecule has 0 fully saturated rings. The predicted octanol–water partition coefficient (Wildman–Crippen LogP) is 4.79. The van der Waals surface area contributed by atoms with Crippen LogP contribution in [0, 0.1) is 0 Å². The van der Waals surface area contributed by atoms with E-state index in [1.807, 2.05) is 24.3 Å². The fourth-order valence-corrected chi connectivity index (χ4v) is 2.82. The van der Waals surface area contributed by atoms with Crippen LogP contribution < -0.4 is 0 Å². The predicted molar refractivity (Wildman–Crippen MR) is 95.4 cm³/mol. The van der Waals surface area contributed by atoms with Gasteiger partial charge in [-0.05, 0) is 31.2 Å². The minimum Gasteiger partial charge on any atom is -0.361 e. The van der Waals surface area contributed by atoms with Crippen LogP contribution in [0.1, 0.15) is 22.8 Å². The average Bonchev–Trinajstić information content (AvgIpc) is 2.94. The lowest BCUT2D eigenvalue weighted by Gasteiger charge is -2.03. The number of nitrogens with one attached hydrogen (secondary N) is 1. The van der Waals surface area contributed by atoms with E-state index in [1.165, 1.54) is 6.92 Å². The highest BCUT2D eigenvalue weighted by Crippen LogP contribution is 2.25. The molecule has 1 N–H and O–H groups in total. The first-order valence-corrected chi connectivity index (χ1v) is 7.94. The number of ketones is 2. The molecule has 2 aromatic carbocycles. The van der Waals surface area contributed by atoms with Crippen LogP contribution in [0.5, 0.6) is 0 Å². The number of hydrogen-bond acceptors (Lipinski definition) is 2. The highest BCUT2D eigenvalue weighted by atomic mass is 79.9. The van der Waals surface area contributed by atoms with Gasteiger partial charge in [-0.2, -0.15) is 0 Å². The minimum atomic E-state index is -0.262. The molecule has 3 rings (SSSR count). The van der Waals surface area contributed by atoms with Gasteiger partial charge in [-0.25, -0.2) is 0 Å². The maximum absolute atomic E-state index is 12.6. The number of Topliss-reactive ketones (excluding diaryl/α,β-unsaturated/α-hetero) is 2. The maximum atomic E-state index is 12.6. The third-order valence-corrected chi connectivity index (χ3v) is 4.13. The molecule has 3 aromatic rings. The molecule has 0 saturated heterocycles. The standard InChI is InChI=1S/C19H14BrNO2/c1-12(22)16(19(23)13-5-3-2-4-6-13)9-14-11-21-18-8-7-15(20)10-17(14)18/h2-11,21H,1H3. The molecule has 0 saturated carbocycles. The van der Waals surface area contributed by atoms with Gasteiger partial charge in [0.15, 0.2) is 11.6 Å². The van der Waals surface area contributed by atoms with Gasteiger partial charge in [0.05, 0.1) is 5.57 Å². The van der Waals surface area contributed by atoms with Crippen LogP contribution in [0.15, 0.2) is 64.8 Å². The first-order valence-electron chi connectivity index (χ1n) is 7.15. The molecule has 0 aliphatic rings. The van der Waals surface area contributed by atoms with Crippen molar-refractivity contribution in [3.63, 3.8) is 0 Å². The van der Waals surface area contributed by atoms with Crippen LogP contribution in [-0.2, 0) is 4.79 Å². The summed E-state index contributed by atoms with van der Waals surface area (Å²) < 4.78 is 0.943. The zero-order valence-electron chi connectivity index (χ0n) is 12.5.